The minimum atomic E-state index is -0.404. The summed E-state index contributed by atoms with van der Waals surface area (Å²) in [4.78, 5) is 11.7. The van der Waals surface area contributed by atoms with E-state index in [0.29, 0.717) is 0 Å². The van der Waals surface area contributed by atoms with E-state index in [2.05, 4.69) is 11.4 Å². The molecule has 3 heteroatoms. The Labute approximate surface area is 111 Å². The third kappa shape index (κ3) is 6.20. The van der Waals surface area contributed by atoms with Crippen molar-refractivity contribution < 1.29 is 9.53 Å². The van der Waals surface area contributed by atoms with Gasteiger partial charge in [0.2, 0.25) is 0 Å². The van der Waals surface area contributed by atoms with Gasteiger partial charge in [0.25, 0.3) is 0 Å². The molecule has 3 nitrogen and oxygen atoms in total. The number of ether oxygens (including phenoxy) is 1. The summed E-state index contributed by atoms with van der Waals surface area (Å²) in [7, 11) is 0. The number of carbonyl (C=O) groups excluding carboxylic acids is 1. The summed E-state index contributed by atoms with van der Waals surface area (Å²) < 4.78 is 5.33. The van der Waals surface area contributed by atoms with E-state index in [4.69, 9.17) is 4.74 Å². The summed E-state index contributed by atoms with van der Waals surface area (Å²) in [5, 5.41) is 3.24. The average Bonchev–Trinajstić information content (AvgIpc) is 2.28. The first-order valence-electron chi connectivity index (χ1n) is 7.02. The van der Waals surface area contributed by atoms with E-state index in [0.717, 1.165) is 13.0 Å². The minimum absolute atomic E-state index is 0.167. The second-order valence-corrected chi connectivity index (χ2v) is 6.07. The van der Waals surface area contributed by atoms with Gasteiger partial charge in [-0.1, -0.05) is 11.6 Å². The van der Waals surface area contributed by atoms with Crippen molar-refractivity contribution in [3.8, 4) is 0 Å². The van der Waals surface area contributed by atoms with Gasteiger partial charge < -0.3 is 10.1 Å². The van der Waals surface area contributed by atoms with E-state index >= 15 is 0 Å². The molecular formula is C15H27NO2. The van der Waals surface area contributed by atoms with Crippen molar-refractivity contribution in [2.24, 2.45) is 0 Å². The second-order valence-electron chi connectivity index (χ2n) is 6.07. The predicted octanol–water partition coefficient (Wildman–Crippen LogP) is 3.20. The Morgan fingerprint density at radius 3 is 2.72 bits per heavy atom. The fourth-order valence-corrected chi connectivity index (χ4v) is 2.05. The normalized spacial score (nSPS) is 18.1. The Morgan fingerprint density at radius 2 is 2.17 bits per heavy atom. The highest BCUT2D eigenvalue weighted by Crippen LogP contribution is 2.19. The van der Waals surface area contributed by atoms with Crippen LogP contribution in [-0.4, -0.2) is 24.2 Å². The Morgan fingerprint density at radius 1 is 1.44 bits per heavy atom. The van der Waals surface area contributed by atoms with E-state index in [1.165, 1.54) is 31.3 Å². The van der Waals surface area contributed by atoms with Crippen LogP contribution in [0, 0.1) is 0 Å². The van der Waals surface area contributed by atoms with Crippen molar-refractivity contribution in [2.75, 3.05) is 6.54 Å². The topological polar surface area (TPSA) is 38.3 Å². The van der Waals surface area contributed by atoms with Crippen LogP contribution in [0.4, 0.5) is 0 Å². The molecule has 0 aromatic heterocycles. The van der Waals surface area contributed by atoms with E-state index < -0.39 is 5.60 Å². The summed E-state index contributed by atoms with van der Waals surface area (Å²) in [5.74, 6) is -0.167. The number of carbonyl (C=O) groups is 1. The third-order valence-corrected chi connectivity index (χ3v) is 3.04. The van der Waals surface area contributed by atoms with Crippen LogP contribution in [0.3, 0.4) is 0 Å². The van der Waals surface area contributed by atoms with Gasteiger partial charge in [-0.05, 0) is 66.3 Å². The number of hydrogen-bond donors (Lipinski definition) is 1. The first-order chi connectivity index (χ1) is 8.38. The third-order valence-electron chi connectivity index (χ3n) is 3.04. The fourth-order valence-electron chi connectivity index (χ4n) is 2.05. The quantitative estimate of drug-likeness (QED) is 0.604. The van der Waals surface area contributed by atoms with Gasteiger partial charge in [0.1, 0.15) is 11.6 Å². The first-order valence-corrected chi connectivity index (χ1v) is 7.02. The largest absolute Gasteiger partial charge is 0.459 e. The lowest BCUT2D eigenvalue weighted by molar-refractivity contribution is -0.156. The molecule has 0 fully saturated rings. The Hall–Kier alpha value is -0.830. The summed E-state index contributed by atoms with van der Waals surface area (Å²) in [6, 6.07) is -0.228. The maximum absolute atomic E-state index is 11.7. The maximum Gasteiger partial charge on any atom is 0.323 e. The van der Waals surface area contributed by atoms with Crippen LogP contribution < -0.4 is 5.32 Å². The first kappa shape index (κ1) is 15.2. The Kier molecular flexibility index (Phi) is 5.86. The van der Waals surface area contributed by atoms with Crippen LogP contribution in [0.1, 0.15) is 59.8 Å². The predicted molar refractivity (Wildman–Crippen MR) is 74.5 cm³/mol. The molecule has 0 saturated heterocycles. The average molecular weight is 253 g/mol. The van der Waals surface area contributed by atoms with Gasteiger partial charge in [0, 0.05) is 0 Å². The van der Waals surface area contributed by atoms with E-state index in [-0.39, 0.29) is 12.0 Å². The lowest BCUT2D eigenvalue weighted by Crippen LogP contribution is -2.39. The highest BCUT2D eigenvalue weighted by atomic mass is 16.6. The molecule has 1 aliphatic rings. The van der Waals surface area contributed by atoms with Crippen molar-refractivity contribution in [1.82, 2.24) is 5.32 Å². The molecule has 0 bridgehead atoms. The smallest absolute Gasteiger partial charge is 0.323 e. The summed E-state index contributed by atoms with van der Waals surface area (Å²) in [6.45, 7) is 8.40. The van der Waals surface area contributed by atoms with E-state index in [9.17, 15) is 4.79 Å². The van der Waals surface area contributed by atoms with Crippen LogP contribution in [0.5, 0.6) is 0 Å². The molecule has 0 radical (unpaired) electrons. The van der Waals surface area contributed by atoms with Crippen molar-refractivity contribution in [1.29, 1.82) is 0 Å². The van der Waals surface area contributed by atoms with E-state index in [1.54, 1.807) is 0 Å². The number of rotatable bonds is 5. The molecule has 1 atom stereocenters. The van der Waals surface area contributed by atoms with Crippen molar-refractivity contribution >= 4 is 5.97 Å². The lowest BCUT2D eigenvalue weighted by atomic mass is 9.97. The summed E-state index contributed by atoms with van der Waals surface area (Å²) >= 11 is 0. The summed E-state index contributed by atoms with van der Waals surface area (Å²) in [6.07, 6.45) is 8.48. The van der Waals surface area contributed by atoms with Gasteiger partial charge >= 0.3 is 5.97 Å². The maximum atomic E-state index is 11.7. The standard InChI is InChI=1S/C15H27NO2/c1-12(14(17)18-15(2,3)4)16-11-10-13-8-6-5-7-9-13/h8,12,16H,5-7,9-11H2,1-4H3. The number of esters is 1. The van der Waals surface area contributed by atoms with Crippen LogP contribution in [0.25, 0.3) is 0 Å². The van der Waals surface area contributed by atoms with Gasteiger partial charge in [-0.25, -0.2) is 0 Å². The second kappa shape index (κ2) is 6.93. The minimum Gasteiger partial charge on any atom is -0.459 e. The van der Waals surface area contributed by atoms with Crippen LogP contribution in [-0.2, 0) is 9.53 Å². The number of allylic oxidation sites excluding steroid dienone is 1. The highest BCUT2D eigenvalue weighted by Gasteiger charge is 2.21. The van der Waals surface area contributed by atoms with Crippen LogP contribution in [0.2, 0.25) is 0 Å². The molecule has 0 heterocycles. The molecule has 18 heavy (non-hydrogen) atoms. The molecule has 1 N–H and O–H groups in total. The van der Waals surface area contributed by atoms with Crippen LogP contribution in [0.15, 0.2) is 11.6 Å². The molecule has 0 aromatic carbocycles. The molecule has 1 unspecified atom stereocenters. The SMILES string of the molecule is CC(NCCC1=CCCCC1)C(=O)OC(C)(C)C. The molecule has 0 aliphatic heterocycles. The Balaban J connectivity index is 2.22. The molecule has 0 aromatic rings. The Bertz CT molecular complexity index is 302. The summed E-state index contributed by atoms with van der Waals surface area (Å²) in [5.41, 5.74) is 1.13. The molecule has 1 aliphatic carbocycles. The van der Waals surface area contributed by atoms with Gasteiger partial charge in [0.05, 0.1) is 0 Å². The van der Waals surface area contributed by atoms with Crippen LogP contribution >= 0.6 is 0 Å². The van der Waals surface area contributed by atoms with Gasteiger partial charge in [-0.15, -0.1) is 0 Å². The molecular weight excluding hydrogens is 226 g/mol. The van der Waals surface area contributed by atoms with E-state index in [1.807, 2.05) is 27.7 Å². The van der Waals surface area contributed by atoms with Crippen molar-refractivity contribution in [3.05, 3.63) is 11.6 Å². The zero-order chi connectivity index (χ0) is 13.6. The molecule has 0 amide bonds. The highest BCUT2D eigenvalue weighted by molar-refractivity contribution is 5.75. The van der Waals surface area contributed by atoms with Gasteiger partial charge in [-0.3, -0.25) is 4.79 Å². The monoisotopic (exact) mass is 253 g/mol. The molecule has 104 valence electrons. The van der Waals surface area contributed by atoms with Crippen molar-refractivity contribution in [3.63, 3.8) is 0 Å². The molecule has 0 spiro atoms. The van der Waals surface area contributed by atoms with Gasteiger partial charge in [0.15, 0.2) is 0 Å². The van der Waals surface area contributed by atoms with Gasteiger partial charge in [-0.2, -0.15) is 0 Å². The zero-order valence-corrected chi connectivity index (χ0v) is 12.2. The zero-order valence-electron chi connectivity index (χ0n) is 12.2. The molecule has 0 saturated carbocycles. The number of nitrogens with one attached hydrogen (secondary N) is 1. The fraction of sp³-hybridized carbons (Fsp3) is 0.800. The van der Waals surface area contributed by atoms with Crippen molar-refractivity contribution in [2.45, 2.75) is 71.4 Å². The molecule has 1 rings (SSSR count). The lowest BCUT2D eigenvalue weighted by Gasteiger charge is -2.23. The number of hydrogen-bond acceptors (Lipinski definition) is 3.